The number of alkyl halides is 3. The van der Waals surface area contributed by atoms with Crippen molar-refractivity contribution in [3.8, 4) is 5.75 Å². The van der Waals surface area contributed by atoms with E-state index in [1.807, 2.05) is 30.3 Å². The number of carbonyl (C=O) groups excluding carboxylic acids is 2. The van der Waals surface area contributed by atoms with Gasteiger partial charge in [0.15, 0.2) is 0 Å². The molecule has 2 amide bonds. The van der Waals surface area contributed by atoms with Crippen LogP contribution in [0.15, 0.2) is 59.5 Å². The zero-order chi connectivity index (χ0) is 21.9. The third-order valence-corrected chi connectivity index (χ3v) is 6.19. The van der Waals surface area contributed by atoms with Crippen LogP contribution in [0.4, 0.5) is 13.2 Å². The first-order chi connectivity index (χ1) is 14.1. The highest BCUT2D eigenvalue weighted by molar-refractivity contribution is 7.89. The van der Waals surface area contributed by atoms with Gasteiger partial charge in [-0.2, -0.15) is 4.31 Å². The van der Waals surface area contributed by atoms with Crippen LogP contribution >= 0.6 is 0 Å². The summed E-state index contributed by atoms with van der Waals surface area (Å²) in [4.78, 5) is 25.4. The maximum Gasteiger partial charge on any atom is 0.573 e. The molecule has 30 heavy (non-hydrogen) atoms. The molecule has 2 aromatic rings. The molecular weight excluding hydrogens is 425 g/mol. The van der Waals surface area contributed by atoms with Crippen molar-refractivity contribution in [2.45, 2.75) is 17.7 Å². The average Bonchev–Trinajstić information content (AvgIpc) is 2.67. The molecule has 0 atom stereocenters. The molecule has 0 spiro atoms. The van der Waals surface area contributed by atoms with Gasteiger partial charge >= 0.3 is 6.36 Å². The van der Waals surface area contributed by atoms with Crippen LogP contribution in [0.5, 0.6) is 5.75 Å². The Labute approximate surface area is 170 Å². The van der Waals surface area contributed by atoms with E-state index < -0.39 is 47.0 Å². The van der Waals surface area contributed by atoms with Crippen molar-refractivity contribution in [1.29, 1.82) is 0 Å². The van der Waals surface area contributed by atoms with Gasteiger partial charge in [0.1, 0.15) is 5.75 Å². The molecule has 0 bridgehead atoms. The van der Waals surface area contributed by atoms with Crippen LogP contribution < -0.4 is 4.74 Å². The number of amides is 2. The molecule has 2 aromatic carbocycles. The zero-order valence-electron chi connectivity index (χ0n) is 15.5. The largest absolute Gasteiger partial charge is 0.573 e. The molecule has 0 N–H and O–H groups in total. The summed E-state index contributed by atoms with van der Waals surface area (Å²) in [5.41, 5.74) is 0.925. The predicted molar refractivity (Wildman–Crippen MR) is 98.7 cm³/mol. The fourth-order valence-corrected chi connectivity index (χ4v) is 4.27. The summed E-state index contributed by atoms with van der Waals surface area (Å²) < 4.78 is 66.5. The third-order valence-electron chi connectivity index (χ3n) is 4.39. The Morgan fingerprint density at radius 2 is 1.47 bits per heavy atom. The fourth-order valence-electron chi connectivity index (χ4n) is 2.93. The van der Waals surface area contributed by atoms with E-state index in [4.69, 9.17) is 0 Å². The lowest BCUT2D eigenvalue weighted by molar-refractivity contribution is -0.274. The molecule has 1 heterocycles. The highest BCUT2D eigenvalue weighted by atomic mass is 32.2. The van der Waals surface area contributed by atoms with Crippen LogP contribution in [0, 0.1) is 0 Å². The van der Waals surface area contributed by atoms with Crippen LogP contribution in [0.2, 0.25) is 0 Å². The van der Waals surface area contributed by atoms with Crippen LogP contribution in [0.3, 0.4) is 0 Å². The van der Waals surface area contributed by atoms with Crippen molar-refractivity contribution in [2.75, 3.05) is 19.6 Å². The second-order valence-corrected chi connectivity index (χ2v) is 8.40. The maximum atomic E-state index is 12.7. The standard InChI is InChI=1S/C19H17F3N2O5S/c20-19(21,22)29-15-6-8-16(9-7-15)30(27,28)23-12-17(25)24(18(26)13-23)11-10-14-4-2-1-3-5-14/h1-9H,10-13H2. The first-order valence-electron chi connectivity index (χ1n) is 8.79. The zero-order valence-corrected chi connectivity index (χ0v) is 16.3. The van der Waals surface area contributed by atoms with E-state index in [9.17, 15) is 31.2 Å². The van der Waals surface area contributed by atoms with Gasteiger partial charge in [-0.1, -0.05) is 30.3 Å². The number of imide groups is 1. The molecule has 1 saturated heterocycles. The molecule has 160 valence electrons. The van der Waals surface area contributed by atoms with E-state index in [-0.39, 0.29) is 11.4 Å². The lowest BCUT2D eigenvalue weighted by atomic mass is 10.1. The Hall–Kier alpha value is -2.92. The van der Waals surface area contributed by atoms with E-state index in [1.165, 1.54) is 0 Å². The van der Waals surface area contributed by atoms with E-state index in [0.717, 1.165) is 34.7 Å². The van der Waals surface area contributed by atoms with Crippen molar-refractivity contribution in [3.05, 3.63) is 60.2 Å². The van der Waals surface area contributed by atoms with E-state index in [2.05, 4.69) is 4.74 Å². The summed E-state index contributed by atoms with van der Waals surface area (Å²) in [6, 6.07) is 12.7. The maximum absolute atomic E-state index is 12.7. The molecule has 0 aromatic heterocycles. The van der Waals surface area contributed by atoms with Gasteiger partial charge in [0.05, 0.1) is 18.0 Å². The van der Waals surface area contributed by atoms with Crippen LogP contribution in [-0.2, 0) is 26.0 Å². The van der Waals surface area contributed by atoms with Crippen LogP contribution in [0.25, 0.3) is 0 Å². The van der Waals surface area contributed by atoms with Gasteiger partial charge < -0.3 is 4.74 Å². The molecule has 11 heteroatoms. The number of halogens is 3. The summed E-state index contributed by atoms with van der Waals surface area (Å²) in [7, 11) is -4.25. The third kappa shape index (κ3) is 5.16. The topological polar surface area (TPSA) is 84.0 Å². The first-order valence-corrected chi connectivity index (χ1v) is 10.2. The van der Waals surface area contributed by atoms with Crippen molar-refractivity contribution in [3.63, 3.8) is 0 Å². The highest BCUT2D eigenvalue weighted by Gasteiger charge is 2.38. The number of piperazine rings is 1. The molecule has 0 unspecified atom stereocenters. The smallest absolute Gasteiger partial charge is 0.406 e. The van der Waals surface area contributed by atoms with Gasteiger partial charge in [-0.25, -0.2) is 8.42 Å². The van der Waals surface area contributed by atoms with E-state index >= 15 is 0 Å². The number of ether oxygens (including phenoxy) is 1. The highest BCUT2D eigenvalue weighted by Crippen LogP contribution is 2.25. The average molecular weight is 442 g/mol. The van der Waals surface area contributed by atoms with Crippen LogP contribution in [-0.4, -0.2) is 55.4 Å². The molecule has 0 aliphatic carbocycles. The van der Waals surface area contributed by atoms with Gasteiger partial charge in [0.25, 0.3) is 0 Å². The molecular formula is C19H17F3N2O5S. The number of benzene rings is 2. The molecule has 7 nitrogen and oxygen atoms in total. The minimum atomic E-state index is -4.91. The van der Waals surface area contributed by atoms with E-state index in [1.54, 1.807) is 0 Å². The Morgan fingerprint density at radius 1 is 0.900 bits per heavy atom. The van der Waals surface area contributed by atoms with Crippen molar-refractivity contribution in [2.24, 2.45) is 0 Å². The quantitative estimate of drug-likeness (QED) is 0.641. The van der Waals surface area contributed by atoms with Gasteiger partial charge in [0.2, 0.25) is 21.8 Å². The SMILES string of the molecule is O=C1CN(S(=O)(=O)c2ccc(OC(F)(F)F)cc2)CC(=O)N1CCc1ccccc1. The molecule has 0 saturated carbocycles. The minimum absolute atomic E-state index is 0.124. The number of hydrogen-bond donors (Lipinski definition) is 0. The number of nitrogens with zero attached hydrogens (tertiary/aromatic N) is 2. The molecule has 0 radical (unpaired) electrons. The summed E-state index contributed by atoms with van der Waals surface area (Å²) in [6.45, 7) is -0.952. The van der Waals surface area contributed by atoms with Gasteiger partial charge in [-0.05, 0) is 36.2 Å². The number of hydrogen-bond acceptors (Lipinski definition) is 5. The Balaban J connectivity index is 1.68. The lowest BCUT2D eigenvalue weighted by Gasteiger charge is -2.32. The molecule has 1 fully saturated rings. The molecule has 1 aliphatic heterocycles. The number of carbonyl (C=O) groups is 2. The molecule has 3 rings (SSSR count). The van der Waals surface area contributed by atoms with Crippen molar-refractivity contribution < 1.29 is 35.9 Å². The number of rotatable bonds is 6. The van der Waals surface area contributed by atoms with Gasteiger partial charge in [0, 0.05) is 6.54 Å². The monoisotopic (exact) mass is 442 g/mol. The Bertz CT molecular complexity index is 1010. The minimum Gasteiger partial charge on any atom is -0.406 e. The van der Waals surface area contributed by atoms with E-state index in [0.29, 0.717) is 10.7 Å². The van der Waals surface area contributed by atoms with Gasteiger partial charge in [-0.3, -0.25) is 14.5 Å². The Kier molecular flexibility index (Phi) is 6.13. The van der Waals surface area contributed by atoms with Crippen LogP contribution in [0.1, 0.15) is 5.56 Å². The summed E-state index contributed by atoms with van der Waals surface area (Å²) in [5.74, 6) is -1.91. The van der Waals surface area contributed by atoms with Crippen molar-refractivity contribution >= 4 is 21.8 Å². The summed E-state index contributed by atoms with van der Waals surface area (Å²) >= 11 is 0. The Morgan fingerprint density at radius 3 is 2.00 bits per heavy atom. The second-order valence-electron chi connectivity index (χ2n) is 6.47. The van der Waals surface area contributed by atoms with Gasteiger partial charge in [-0.15, -0.1) is 13.2 Å². The molecule has 1 aliphatic rings. The summed E-state index contributed by atoms with van der Waals surface area (Å²) in [5, 5.41) is 0. The predicted octanol–water partition coefficient (Wildman–Crippen LogP) is 2.19. The van der Waals surface area contributed by atoms with Crippen molar-refractivity contribution in [1.82, 2.24) is 9.21 Å². The first kappa shape index (κ1) is 21.8. The number of sulfonamides is 1. The lowest BCUT2D eigenvalue weighted by Crippen LogP contribution is -2.55. The second kappa shape index (κ2) is 8.44. The normalized spacial score (nSPS) is 16.0. The fraction of sp³-hybridized carbons (Fsp3) is 0.263. The summed E-state index contributed by atoms with van der Waals surface area (Å²) in [6.07, 6.45) is -4.47.